The van der Waals surface area contributed by atoms with Gasteiger partial charge in [-0.15, -0.1) is 0 Å². The van der Waals surface area contributed by atoms with Crippen LogP contribution in [0.5, 0.6) is 0 Å². The Balaban J connectivity index is 3.68. The van der Waals surface area contributed by atoms with E-state index in [1.165, 1.54) is 122 Å². The van der Waals surface area contributed by atoms with E-state index in [0.717, 1.165) is 77.0 Å². The number of carboxylic acid groups (broad SMARTS) is 1. The van der Waals surface area contributed by atoms with Crippen molar-refractivity contribution in [2.24, 2.45) is 0 Å². The van der Waals surface area contributed by atoms with Gasteiger partial charge in [-0.05, 0) is 77.0 Å². The van der Waals surface area contributed by atoms with E-state index < -0.39 is 5.97 Å². The van der Waals surface area contributed by atoms with Crippen molar-refractivity contribution in [3.63, 3.8) is 0 Å². The van der Waals surface area contributed by atoms with E-state index in [1.807, 2.05) is 0 Å². The second-order valence-corrected chi connectivity index (χ2v) is 14.5. The minimum atomic E-state index is -0.667. The lowest BCUT2D eigenvalue weighted by molar-refractivity contribution is -0.150. The highest BCUT2D eigenvalue weighted by Crippen LogP contribution is 2.18. The molecule has 0 heterocycles. The van der Waals surface area contributed by atoms with Crippen molar-refractivity contribution in [1.29, 1.82) is 0 Å². The van der Waals surface area contributed by atoms with Crippen LogP contribution in [0.4, 0.5) is 0 Å². The topological polar surface area (TPSA) is 63.6 Å². The Kier molecular flexibility index (Phi) is 39.6. The molecule has 0 aliphatic carbocycles. The maximum absolute atomic E-state index is 12.5. The van der Waals surface area contributed by atoms with Crippen molar-refractivity contribution in [1.82, 2.24) is 0 Å². The molecule has 1 N–H and O–H groups in total. The molecule has 0 bridgehead atoms. The number of carbonyl (C=O) groups excluding carboxylic acids is 1. The molecule has 1 atom stereocenters. The molecule has 0 radical (unpaired) electrons. The van der Waals surface area contributed by atoms with Gasteiger partial charge in [0, 0.05) is 12.8 Å². The van der Waals surface area contributed by atoms with Crippen LogP contribution in [0.2, 0.25) is 0 Å². The summed E-state index contributed by atoms with van der Waals surface area (Å²) in [6.07, 6.45) is 56.2. The number of aliphatic carboxylic acids is 1. The lowest BCUT2D eigenvalue weighted by Gasteiger charge is -2.18. The molecule has 290 valence electrons. The summed E-state index contributed by atoms with van der Waals surface area (Å²) in [5.41, 5.74) is 0. The van der Waals surface area contributed by atoms with Crippen molar-refractivity contribution in [2.75, 3.05) is 0 Å². The van der Waals surface area contributed by atoms with Gasteiger partial charge in [-0.3, -0.25) is 9.59 Å². The lowest BCUT2D eigenvalue weighted by atomic mass is 10.0. The first-order chi connectivity index (χ1) is 24.6. The van der Waals surface area contributed by atoms with Gasteiger partial charge in [0.05, 0.1) is 0 Å². The maximum atomic E-state index is 12.5. The summed E-state index contributed by atoms with van der Waals surface area (Å²) in [6.45, 7) is 4.47. The van der Waals surface area contributed by atoms with Gasteiger partial charge in [0.25, 0.3) is 0 Å². The molecule has 0 fully saturated rings. The van der Waals surface area contributed by atoms with E-state index in [0.29, 0.717) is 12.8 Å². The SMILES string of the molecule is CCCCC/C=C\C/C=C\C/C=C\C/C=C\CCCCCCCC(=O)OC(CCCC)CCCCCCCCCCCCCCCCC(=O)O. The van der Waals surface area contributed by atoms with Crippen LogP contribution in [-0.4, -0.2) is 23.1 Å². The number of hydrogen-bond donors (Lipinski definition) is 1. The fourth-order valence-electron chi connectivity index (χ4n) is 6.33. The Morgan fingerprint density at radius 2 is 0.800 bits per heavy atom. The molecule has 0 aromatic rings. The van der Waals surface area contributed by atoms with E-state index in [-0.39, 0.29) is 12.1 Å². The van der Waals surface area contributed by atoms with E-state index in [2.05, 4.69) is 62.5 Å². The number of esters is 1. The number of carbonyl (C=O) groups is 2. The molecule has 4 heteroatoms. The molecule has 0 aromatic heterocycles. The molecule has 0 aliphatic rings. The zero-order chi connectivity index (χ0) is 36.4. The first-order valence-electron chi connectivity index (χ1n) is 21.6. The van der Waals surface area contributed by atoms with Crippen molar-refractivity contribution in [3.05, 3.63) is 48.6 Å². The van der Waals surface area contributed by atoms with Gasteiger partial charge < -0.3 is 9.84 Å². The average molecular weight is 699 g/mol. The summed E-state index contributed by atoms with van der Waals surface area (Å²) < 4.78 is 5.94. The highest BCUT2D eigenvalue weighted by atomic mass is 16.5. The molecular weight excluding hydrogens is 617 g/mol. The number of carboxylic acids is 1. The summed E-state index contributed by atoms with van der Waals surface area (Å²) in [6, 6.07) is 0. The highest BCUT2D eigenvalue weighted by Gasteiger charge is 2.14. The second-order valence-electron chi connectivity index (χ2n) is 14.5. The number of ether oxygens (including phenoxy) is 1. The Bertz CT molecular complexity index is 839. The van der Waals surface area contributed by atoms with Crippen molar-refractivity contribution >= 4 is 11.9 Å². The van der Waals surface area contributed by atoms with Crippen LogP contribution in [0.15, 0.2) is 48.6 Å². The molecule has 0 saturated carbocycles. The number of hydrogen-bond acceptors (Lipinski definition) is 3. The fourth-order valence-corrected chi connectivity index (χ4v) is 6.33. The van der Waals surface area contributed by atoms with Gasteiger partial charge >= 0.3 is 11.9 Å². The highest BCUT2D eigenvalue weighted by molar-refractivity contribution is 5.69. The van der Waals surface area contributed by atoms with Gasteiger partial charge in [-0.2, -0.15) is 0 Å². The summed E-state index contributed by atoms with van der Waals surface area (Å²) in [5.74, 6) is -0.648. The van der Waals surface area contributed by atoms with Crippen molar-refractivity contribution < 1.29 is 19.4 Å². The van der Waals surface area contributed by atoms with Crippen LogP contribution in [0.3, 0.4) is 0 Å². The largest absolute Gasteiger partial charge is 0.481 e. The van der Waals surface area contributed by atoms with Crippen molar-refractivity contribution in [2.45, 2.75) is 232 Å². The summed E-state index contributed by atoms with van der Waals surface area (Å²) in [4.78, 5) is 23.1. The van der Waals surface area contributed by atoms with Crippen LogP contribution >= 0.6 is 0 Å². The minimum Gasteiger partial charge on any atom is -0.481 e. The molecule has 0 saturated heterocycles. The van der Waals surface area contributed by atoms with Gasteiger partial charge in [0.2, 0.25) is 0 Å². The van der Waals surface area contributed by atoms with Crippen LogP contribution in [0.25, 0.3) is 0 Å². The molecule has 0 aromatic carbocycles. The van der Waals surface area contributed by atoms with E-state index in [4.69, 9.17) is 9.84 Å². The molecule has 0 spiro atoms. The maximum Gasteiger partial charge on any atom is 0.306 e. The van der Waals surface area contributed by atoms with Crippen LogP contribution < -0.4 is 0 Å². The predicted octanol–water partition coefficient (Wildman–Crippen LogP) is 15.1. The van der Waals surface area contributed by atoms with Gasteiger partial charge in [-0.1, -0.05) is 184 Å². The average Bonchev–Trinajstić information content (AvgIpc) is 3.10. The lowest BCUT2D eigenvalue weighted by Crippen LogP contribution is -2.18. The Labute approximate surface area is 311 Å². The molecule has 0 rings (SSSR count). The minimum absolute atomic E-state index is 0.0189. The zero-order valence-corrected chi connectivity index (χ0v) is 33.2. The third kappa shape index (κ3) is 40.3. The normalized spacial score (nSPS) is 12.7. The van der Waals surface area contributed by atoms with Gasteiger partial charge in [0.1, 0.15) is 6.10 Å². The molecule has 0 amide bonds. The van der Waals surface area contributed by atoms with E-state index >= 15 is 0 Å². The first kappa shape index (κ1) is 47.9. The number of rotatable bonds is 39. The Morgan fingerprint density at radius 3 is 1.26 bits per heavy atom. The summed E-state index contributed by atoms with van der Waals surface area (Å²) in [5, 5.41) is 8.68. The quantitative estimate of drug-likeness (QED) is 0.0394. The monoisotopic (exact) mass is 699 g/mol. The number of unbranched alkanes of at least 4 members (excludes halogenated alkanes) is 22. The number of allylic oxidation sites excluding steroid dienone is 8. The van der Waals surface area contributed by atoms with Crippen LogP contribution in [0.1, 0.15) is 226 Å². The van der Waals surface area contributed by atoms with E-state index in [9.17, 15) is 9.59 Å². The predicted molar refractivity (Wildman–Crippen MR) is 218 cm³/mol. The van der Waals surface area contributed by atoms with E-state index in [1.54, 1.807) is 0 Å². The molecule has 50 heavy (non-hydrogen) atoms. The second kappa shape index (κ2) is 41.3. The Morgan fingerprint density at radius 1 is 0.440 bits per heavy atom. The standard InChI is InChI=1S/C46H82O4/c1-3-5-7-8-9-10-11-12-13-14-15-16-17-18-19-24-27-30-33-36-39-43-46(49)50-44(40-6-4-2)41-37-34-31-28-25-22-20-21-23-26-29-32-35-38-42-45(47)48/h9-10,12-13,15-16,18-19,44H,3-8,11,14,17,20-43H2,1-2H3,(H,47,48)/b10-9-,13-12-,16-15-,19-18-. The Hall–Kier alpha value is -2.10. The fraction of sp³-hybridized carbons (Fsp3) is 0.783. The summed E-state index contributed by atoms with van der Waals surface area (Å²) >= 11 is 0. The van der Waals surface area contributed by atoms with Crippen molar-refractivity contribution in [3.8, 4) is 0 Å². The third-order valence-electron chi connectivity index (χ3n) is 9.55. The molecule has 1 unspecified atom stereocenters. The molecule has 0 aliphatic heterocycles. The van der Waals surface area contributed by atoms with Crippen LogP contribution in [0, 0.1) is 0 Å². The third-order valence-corrected chi connectivity index (χ3v) is 9.55. The molecule has 4 nitrogen and oxygen atoms in total. The molecular formula is C46H82O4. The van der Waals surface area contributed by atoms with Gasteiger partial charge in [-0.25, -0.2) is 0 Å². The smallest absolute Gasteiger partial charge is 0.306 e. The zero-order valence-electron chi connectivity index (χ0n) is 33.2. The summed E-state index contributed by atoms with van der Waals surface area (Å²) in [7, 11) is 0. The van der Waals surface area contributed by atoms with Crippen LogP contribution in [-0.2, 0) is 14.3 Å². The first-order valence-corrected chi connectivity index (χ1v) is 21.6. The van der Waals surface area contributed by atoms with Gasteiger partial charge in [0.15, 0.2) is 0 Å².